The summed E-state index contributed by atoms with van der Waals surface area (Å²) in [4.78, 5) is 0. The van der Waals surface area contributed by atoms with Crippen LogP contribution in [0, 0.1) is 13.8 Å². The van der Waals surface area contributed by atoms with E-state index in [0.29, 0.717) is 0 Å². The van der Waals surface area contributed by atoms with Crippen molar-refractivity contribution in [1.29, 1.82) is 0 Å². The zero-order chi connectivity index (χ0) is 12.4. The van der Waals surface area contributed by atoms with E-state index in [4.69, 9.17) is 5.73 Å². The van der Waals surface area contributed by atoms with Gasteiger partial charge in [0.2, 0.25) is 0 Å². The minimum absolute atomic E-state index is 0.159. The summed E-state index contributed by atoms with van der Waals surface area (Å²) >= 11 is 0. The summed E-state index contributed by atoms with van der Waals surface area (Å²) in [5.74, 6) is 0. The van der Waals surface area contributed by atoms with Gasteiger partial charge in [-0.05, 0) is 44.9 Å². The van der Waals surface area contributed by atoms with Gasteiger partial charge < -0.3 is 5.73 Å². The van der Waals surface area contributed by atoms with Gasteiger partial charge >= 0.3 is 0 Å². The highest BCUT2D eigenvalue weighted by Gasteiger charge is 2.08. The molecule has 0 radical (unpaired) electrons. The Hall–Kier alpha value is -1.61. The van der Waals surface area contributed by atoms with Crippen molar-refractivity contribution >= 4 is 0 Å². The van der Waals surface area contributed by atoms with Crippen LogP contribution in [0.4, 0.5) is 0 Å². The normalized spacial score (nSPS) is 12.7. The van der Waals surface area contributed by atoms with E-state index >= 15 is 0 Å². The fourth-order valence-electron chi connectivity index (χ4n) is 2.00. The molecule has 17 heavy (non-hydrogen) atoms. The van der Waals surface area contributed by atoms with Crippen LogP contribution in [0.25, 0.3) is 5.69 Å². The van der Waals surface area contributed by atoms with Crippen molar-refractivity contribution in [1.82, 2.24) is 9.78 Å². The number of aryl methyl sites for hydroxylation is 2. The van der Waals surface area contributed by atoms with Gasteiger partial charge in [-0.1, -0.05) is 17.7 Å². The van der Waals surface area contributed by atoms with E-state index < -0.39 is 0 Å². The lowest BCUT2D eigenvalue weighted by Gasteiger charge is -2.12. The van der Waals surface area contributed by atoms with E-state index in [0.717, 1.165) is 17.8 Å². The summed E-state index contributed by atoms with van der Waals surface area (Å²) in [5.41, 5.74) is 10.6. The fraction of sp³-hybridized carbons (Fsp3) is 0.357. The molecule has 2 rings (SSSR count). The molecule has 0 aliphatic heterocycles. The molecule has 1 atom stereocenters. The Morgan fingerprint density at radius 3 is 2.65 bits per heavy atom. The van der Waals surface area contributed by atoms with Crippen molar-refractivity contribution in [2.75, 3.05) is 0 Å². The number of hydrogen-bond donors (Lipinski definition) is 1. The van der Waals surface area contributed by atoms with Crippen molar-refractivity contribution < 1.29 is 0 Å². The first-order valence-corrected chi connectivity index (χ1v) is 5.94. The zero-order valence-corrected chi connectivity index (χ0v) is 10.6. The molecule has 0 saturated carbocycles. The average molecular weight is 229 g/mol. The van der Waals surface area contributed by atoms with Crippen LogP contribution < -0.4 is 5.73 Å². The highest BCUT2D eigenvalue weighted by molar-refractivity contribution is 5.43. The molecule has 3 nitrogen and oxygen atoms in total. The fourth-order valence-corrected chi connectivity index (χ4v) is 2.00. The molecule has 1 heterocycles. The minimum Gasteiger partial charge on any atom is -0.328 e. The quantitative estimate of drug-likeness (QED) is 0.878. The lowest BCUT2D eigenvalue weighted by molar-refractivity contribution is 0.726. The van der Waals surface area contributed by atoms with Gasteiger partial charge in [0.25, 0.3) is 0 Å². The smallest absolute Gasteiger partial charge is 0.0678 e. The highest BCUT2D eigenvalue weighted by Crippen LogP contribution is 2.17. The van der Waals surface area contributed by atoms with Crippen molar-refractivity contribution in [2.24, 2.45) is 5.73 Å². The van der Waals surface area contributed by atoms with Crippen molar-refractivity contribution in [2.45, 2.75) is 33.2 Å². The summed E-state index contributed by atoms with van der Waals surface area (Å²) in [6, 6.07) is 8.58. The highest BCUT2D eigenvalue weighted by atomic mass is 15.3. The molecule has 0 aliphatic carbocycles. The summed E-state index contributed by atoms with van der Waals surface area (Å²) in [6.45, 7) is 6.12. The van der Waals surface area contributed by atoms with E-state index in [1.165, 1.54) is 11.1 Å². The number of nitrogens with two attached hydrogens (primary N) is 1. The Labute approximate surface area is 102 Å². The monoisotopic (exact) mass is 229 g/mol. The van der Waals surface area contributed by atoms with Crippen molar-refractivity contribution in [3.05, 3.63) is 47.3 Å². The molecule has 0 aliphatic rings. The summed E-state index contributed by atoms with van der Waals surface area (Å²) in [6.07, 6.45) is 2.86. The van der Waals surface area contributed by atoms with E-state index in [2.05, 4.69) is 30.2 Å². The third-order valence-electron chi connectivity index (χ3n) is 2.75. The van der Waals surface area contributed by atoms with Gasteiger partial charge in [-0.2, -0.15) is 5.10 Å². The maximum atomic E-state index is 5.90. The van der Waals surface area contributed by atoms with Crippen LogP contribution in [0.15, 0.2) is 30.5 Å². The average Bonchev–Trinajstić information content (AvgIpc) is 2.64. The molecule has 0 spiro atoms. The predicted molar refractivity (Wildman–Crippen MR) is 70.4 cm³/mol. The molecular weight excluding hydrogens is 210 g/mol. The van der Waals surface area contributed by atoms with Crippen LogP contribution in [-0.4, -0.2) is 15.8 Å². The van der Waals surface area contributed by atoms with Gasteiger partial charge in [0.05, 0.1) is 11.4 Å². The lowest BCUT2D eigenvalue weighted by Crippen LogP contribution is -2.19. The molecule has 1 unspecified atom stereocenters. The summed E-state index contributed by atoms with van der Waals surface area (Å²) < 4.78 is 1.92. The van der Waals surface area contributed by atoms with Gasteiger partial charge in [-0.3, -0.25) is 0 Å². The van der Waals surface area contributed by atoms with Gasteiger partial charge in [0, 0.05) is 12.2 Å². The van der Waals surface area contributed by atoms with Gasteiger partial charge in [0.15, 0.2) is 0 Å². The number of nitrogens with zero attached hydrogens (tertiary/aromatic N) is 2. The second-order valence-corrected chi connectivity index (χ2v) is 4.72. The third-order valence-corrected chi connectivity index (χ3v) is 2.75. The van der Waals surface area contributed by atoms with E-state index in [1.54, 1.807) is 0 Å². The molecule has 1 aromatic carbocycles. The maximum Gasteiger partial charge on any atom is 0.0678 e. The number of hydrogen-bond acceptors (Lipinski definition) is 2. The molecule has 1 aromatic heterocycles. The molecular formula is C14H19N3. The molecule has 0 amide bonds. The van der Waals surface area contributed by atoms with E-state index in [-0.39, 0.29) is 6.04 Å². The van der Waals surface area contributed by atoms with Gasteiger partial charge in [-0.25, -0.2) is 4.68 Å². The first-order chi connectivity index (χ1) is 8.06. The molecule has 90 valence electrons. The lowest BCUT2D eigenvalue weighted by atomic mass is 10.0. The molecule has 2 aromatic rings. The topological polar surface area (TPSA) is 43.8 Å². The first-order valence-electron chi connectivity index (χ1n) is 5.94. The maximum absolute atomic E-state index is 5.90. The minimum atomic E-state index is 0.159. The standard InChI is InChI=1S/C14H19N3/c1-10-4-5-14(13(8-10)9-11(2)15)17-7-6-12(3)16-17/h4-8,11H,9,15H2,1-3H3. The largest absolute Gasteiger partial charge is 0.328 e. The second kappa shape index (κ2) is 4.72. The molecule has 0 fully saturated rings. The Kier molecular flexibility index (Phi) is 3.29. The Bertz CT molecular complexity index is 512. The van der Waals surface area contributed by atoms with Crippen LogP contribution >= 0.6 is 0 Å². The molecule has 2 N–H and O–H groups in total. The van der Waals surface area contributed by atoms with Crippen LogP contribution in [0.1, 0.15) is 23.7 Å². The summed E-state index contributed by atoms with van der Waals surface area (Å²) in [5, 5.41) is 4.45. The molecule has 0 bridgehead atoms. The third kappa shape index (κ3) is 2.74. The number of benzene rings is 1. The summed E-state index contributed by atoms with van der Waals surface area (Å²) in [7, 11) is 0. The van der Waals surface area contributed by atoms with Crippen LogP contribution in [-0.2, 0) is 6.42 Å². The van der Waals surface area contributed by atoms with Gasteiger partial charge in [0.1, 0.15) is 0 Å². The Morgan fingerprint density at radius 2 is 2.06 bits per heavy atom. The van der Waals surface area contributed by atoms with E-state index in [1.807, 2.05) is 30.8 Å². The van der Waals surface area contributed by atoms with Crippen LogP contribution in [0.2, 0.25) is 0 Å². The Morgan fingerprint density at radius 1 is 1.29 bits per heavy atom. The number of rotatable bonds is 3. The predicted octanol–water partition coefficient (Wildman–Crippen LogP) is 2.38. The Balaban J connectivity index is 2.45. The molecule has 0 saturated heterocycles. The van der Waals surface area contributed by atoms with E-state index in [9.17, 15) is 0 Å². The first kappa shape index (κ1) is 11.9. The number of aromatic nitrogens is 2. The van der Waals surface area contributed by atoms with Crippen molar-refractivity contribution in [3.63, 3.8) is 0 Å². The zero-order valence-electron chi connectivity index (χ0n) is 10.6. The molecule has 3 heteroatoms. The van der Waals surface area contributed by atoms with Crippen LogP contribution in [0.3, 0.4) is 0 Å². The van der Waals surface area contributed by atoms with Gasteiger partial charge in [-0.15, -0.1) is 0 Å². The SMILES string of the molecule is Cc1ccc(-n2ccc(C)n2)c(CC(C)N)c1. The second-order valence-electron chi connectivity index (χ2n) is 4.72. The van der Waals surface area contributed by atoms with Crippen molar-refractivity contribution in [3.8, 4) is 5.69 Å². The van der Waals surface area contributed by atoms with Crippen LogP contribution in [0.5, 0.6) is 0 Å².